The Morgan fingerprint density at radius 1 is 1.32 bits per heavy atom. The van der Waals surface area contributed by atoms with Crippen molar-refractivity contribution in [1.82, 2.24) is 5.32 Å². The highest BCUT2D eigenvalue weighted by atomic mass is 19.3. The summed E-state index contributed by atoms with van der Waals surface area (Å²) in [5.74, 6) is 0. The molecule has 7 heteroatoms. The van der Waals surface area contributed by atoms with Gasteiger partial charge in [0.1, 0.15) is 6.04 Å². The number of alkyl halides is 2. The van der Waals surface area contributed by atoms with Crippen molar-refractivity contribution in [2.75, 3.05) is 13.1 Å². The smallest absolute Gasteiger partial charge is 0.263 e. The Balaban J connectivity index is 2.55. The number of rotatable bonds is 7. The molecule has 1 rings (SSSR count). The lowest BCUT2D eigenvalue weighted by Gasteiger charge is -2.11. The van der Waals surface area contributed by atoms with Gasteiger partial charge < -0.3 is 0 Å². The van der Waals surface area contributed by atoms with Crippen molar-refractivity contribution in [3.63, 3.8) is 0 Å². The molecule has 19 heavy (non-hydrogen) atoms. The van der Waals surface area contributed by atoms with Gasteiger partial charge in [0.25, 0.3) is 6.43 Å². The van der Waals surface area contributed by atoms with Crippen molar-refractivity contribution in [3.05, 3.63) is 45.8 Å². The molecule has 100 valence electrons. The van der Waals surface area contributed by atoms with E-state index in [9.17, 15) is 8.78 Å². The van der Waals surface area contributed by atoms with Gasteiger partial charge in [-0.2, -0.15) is 5.26 Å². The fraction of sp³-hybridized carbons (Fsp3) is 0.417. The van der Waals surface area contributed by atoms with E-state index in [1.165, 1.54) is 24.3 Å². The first-order valence-electron chi connectivity index (χ1n) is 5.71. The fourth-order valence-corrected chi connectivity index (χ4v) is 1.51. The van der Waals surface area contributed by atoms with Crippen molar-refractivity contribution >= 4 is 0 Å². The summed E-state index contributed by atoms with van der Waals surface area (Å²) >= 11 is 0. The van der Waals surface area contributed by atoms with Crippen LogP contribution >= 0.6 is 0 Å². The summed E-state index contributed by atoms with van der Waals surface area (Å²) in [7, 11) is 0. The molecule has 0 saturated carbocycles. The summed E-state index contributed by atoms with van der Waals surface area (Å²) in [6, 6.07) is 7.14. The first-order valence-corrected chi connectivity index (χ1v) is 5.71. The summed E-state index contributed by atoms with van der Waals surface area (Å²) in [6.45, 7) is 0.861. The van der Waals surface area contributed by atoms with Gasteiger partial charge in [0.2, 0.25) is 0 Å². The van der Waals surface area contributed by atoms with Gasteiger partial charge in [-0.25, -0.2) is 8.78 Å². The summed E-state index contributed by atoms with van der Waals surface area (Å²) in [5.41, 5.74) is 8.66. The molecule has 0 aromatic heterocycles. The van der Waals surface area contributed by atoms with Crippen LogP contribution in [0.3, 0.4) is 0 Å². The molecule has 0 heterocycles. The summed E-state index contributed by atoms with van der Waals surface area (Å²) in [5, 5.41) is 15.4. The molecule has 0 bridgehead atoms. The van der Waals surface area contributed by atoms with Gasteiger partial charge in [-0.3, -0.25) is 5.32 Å². The van der Waals surface area contributed by atoms with Crippen LogP contribution in [0.4, 0.5) is 8.78 Å². The van der Waals surface area contributed by atoms with Gasteiger partial charge in [0.15, 0.2) is 0 Å². The number of nitrogens with zero attached hydrogens (tertiary/aromatic N) is 4. The third-order valence-corrected chi connectivity index (χ3v) is 2.50. The SMILES string of the molecule is N#CC(NCCCN=[N+]=[N-])c1ccc(C(F)F)cc1. The summed E-state index contributed by atoms with van der Waals surface area (Å²) in [4.78, 5) is 2.62. The van der Waals surface area contributed by atoms with Crippen LogP contribution in [0, 0.1) is 11.3 Å². The van der Waals surface area contributed by atoms with Gasteiger partial charge in [0.05, 0.1) is 6.07 Å². The molecule has 1 atom stereocenters. The van der Waals surface area contributed by atoms with Crippen molar-refractivity contribution in [3.8, 4) is 6.07 Å². The number of benzene rings is 1. The van der Waals surface area contributed by atoms with E-state index in [0.717, 1.165) is 0 Å². The van der Waals surface area contributed by atoms with E-state index >= 15 is 0 Å². The lowest BCUT2D eigenvalue weighted by molar-refractivity contribution is 0.151. The Bertz CT molecular complexity index is 474. The molecule has 1 N–H and O–H groups in total. The van der Waals surface area contributed by atoms with Crippen LogP contribution in [0.25, 0.3) is 10.4 Å². The van der Waals surface area contributed by atoms with Gasteiger partial charge in [-0.05, 0) is 24.1 Å². The van der Waals surface area contributed by atoms with Crippen LogP contribution in [-0.4, -0.2) is 13.1 Å². The second-order valence-electron chi connectivity index (χ2n) is 3.79. The summed E-state index contributed by atoms with van der Waals surface area (Å²) in [6.07, 6.45) is -1.90. The average Bonchev–Trinajstić information content (AvgIpc) is 2.43. The average molecular weight is 265 g/mol. The van der Waals surface area contributed by atoms with Crippen molar-refractivity contribution in [2.24, 2.45) is 5.11 Å². The van der Waals surface area contributed by atoms with E-state index in [4.69, 9.17) is 10.8 Å². The standard InChI is InChI=1S/C12H13F2N5/c13-12(14)10-4-2-9(3-5-10)11(8-15)17-6-1-7-18-19-16/h2-5,11-12,17H,1,6-7H2. The van der Waals surface area contributed by atoms with E-state index in [1.807, 2.05) is 0 Å². The lowest BCUT2D eigenvalue weighted by atomic mass is 10.1. The third-order valence-electron chi connectivity index (χ3n) is 2.50. The monoisotopic (exact) mass is 265 g/mol. The minimum Gasteiger partial charge on any atom is -0.298 e. The highest BCUT2D eigenvalue weighted by molar-refractivity contribution is 5.28. The highest BCUT2D eigenvalue weighted by Gasteiger charge is 2.11. The van der Waals surface area contributed by atoms with Gasteiger partial charge in [-0.15, -0.1) is 0 Å². The molecule has 0 radical (unpaired) electrons. The quantitative estimate of drug-likeness (QED) is 0.354. The Kier molecular flexibility index (Phi) is 6.30. The molecule has 0 aliphatic heterocycles. The summed E-state index contributed by atoms with van der Waals surface area (Å²) < 4.78 is 24.8. The van der Waals surface area contributed by atoms with Crippen LogP contribution < -0.4 is 5.32 Å². The molecule has 0 amide bonds. The lowest BCUT2D eigenvalue weighted by Crippen LogP contribution is -2.21. The molecule has 1 aromatic rings. The second kappa shape index (κ2) is 8.03. The number of nitriles is 1. The molecule has 1 unspecified atom stereocenters. The van der Waals surface area contributed by atoms with E-state index in [2.05, 4.69) is 21.4 Å². The Hall–Kier alpha value is -2.16. The topological polar surface area (TPSA) is 84.6 Å². The van der Waals surface area contributed by atoms with Gasteiger partial charge >= 0.3 is 0 Å². The minimum absolute atomic E-state index is 0.0659. The van der Waals surface area contributed by atoms with Crippen LogP contribution in [-0.2, 0) is 0 Å². The molecule has 5 nitrogen and oxygen atoms in total. The van der Waals surface area contributed by atoms with Crippen LogP contribution in [0.1, 0.15) is 30.0 Å². The Morgan fingerprint density at radius 2 is 1.95 bits per heavy atom. The van der Waals surface area contributed by atoms with Crippen LogP contribution in [0.15, 0.2) is 29.4 Å². The first-order chi connectivity index (χ1) is 9.19. The van der Waals surface area contributed by atoms with Crippen LogP contribution in [0.5, 0.6) is 0 Å². The Labute approximate surface area is 109 Å². The zero-order valence-corrected chi connectivity index (χ0v) is 10.1. The molecule has 0 fully saturated rings. The zero-order chi connectivity index (χ0) is 14.1. The number of hydrogen-bond acceptors (Lipinski definition) is 3. The predicted molar refractivity (Wildman–Crippen MR) is 66.4 cm³/mol. The molecule has 1 aromatic carbocycles. The van der Waals surface area contributed by atoms with E-state index in [0.29, 0.717) is 25.1 Å². The molecule has 0 aliphatic carbocycles. The fourth-order valence-electron chi connectivity index (χ4n) is 1.51. The van der Waals surface area contributed by atoms with Crippen LogP contribution in [0.2, 0.25) is 0 Å². The Morgan fingerprint density at radius 3 is 2.47 bits per heavy atom. The molecule has 0 saturated heterocycles. The van der Waals surface area contributed by atoms with E-state index in [1.54, 1.807) is 0 Å². The molecular weight excluding hydrogens is 252 g/mol. The minimum atomic E-state index is -2.51. The number of halogens is 2. The maximum atomic E-state index is 12.4. The molecule has 0 aliphatic rings. The molecular formula is C12H13F2N5. The highest BCUT2D eigenvalue weighted by Crippen LogP contribution is 2.21. The van der Waals surface area contributed by atoms with Gasteiger partial charge in [-0.1, -0.05) is 29.4 Å². The predicted octanol–water partition coefficient (Wildman–Crippen LogP) is 3.48. The van der Waals surface area contributed by atoms with Crippen molar-refractivity contribution in [2.45, 2.75) is 18.9 Å². The largest absolute Gasteiger partial charge is 0.298 e. The van der Waals surface area contributed by atoms with Crippen molar-refractivity contribution in [1.29, 1.82) is 5.26 Å². The molecule has 0 spiro atoms. The zero-order valence-electron chi connectivity index (χ0n) is 10.1. The normalized spacial score (nSPS) is 11.7. The van der Waals surface area contributed by atoms with E-state index < -0.39 is 12.5 Å². The maximum Gasteiger partial charge on any atom is 0.263 e. The number of nitrogens with one attached hydrogen (secondary N) is 1. The number of hydrogen-bond donors (Lipinski definition) is 1. The maximum absolute atomic E-state index is 12.4. The second-order valence-corrected chi connectivity index (χ2v) is 3.79. The van der Waals surface area contributed by atoms with Crippen molar-refractivity contribution < 1.29 is 8.78 Å². The third kappa shape index (κ3) is 4.92. The number of azide groups is 1. The van der Waals surface area contributed by atoms with E-state index in [-0.39, 0.29) is 5.56 Å². The van der Waals surface area contributed by atoms with Gasteiger partial charge in [0, 0.05) is 17.0 Å². The first kappa shape index (κ1) is 14.9.